The van der Waals surface area contributed by atoms with Gasteiger partial charge in [-0.3, -0.25) is 0 Å². The lowest BCUT2D eigenvalue weighted by Crippen LogP contribution is -1.96. The van der Waals surface area contributed by atoms with Gasteiger partial charge in [-0.15, -0.1) is 0 Å². The Morgan fingerprint density at radius 1 is 0.765 bits per heavy atom. The van der Waals surface area contributed by atoms with Crippen LogP contribution in [-0.4, -0.2) is 0 Å². The van der Waals surface area contributed by atoms with Gasteiger partial charge in [-0.05, 0) is 30.6 Å². The molecule has 0 aromatic carbocycles. The van der Waals surface area contributed by atoms with Crippen molar-refractivity contribution in [3.63, 3.8) is 0 Å². The Bertz CT molecular complexity index is 178. The average molecular weight is 238 g/mol. The highest BCUT2D eigenvalue weighted by atomic mass is 14.1. The van der Waals surface area contributed by atoms with Crippen molar-refractivity contribution in [2.75, 3.05) is 0 Å². The highest BCUT2D eigenvalue weighted by Crippen LogP contribution is 2.16. The molecule has 0 bridgehead atoms. The highest BCUT2D eigenvalue weighted by molar-refractivity contribution is 4.84. The Labute approximate surface area is 110 Å². The molecule has 0 amide bonds. The van der Waals surface area contributed by atoms with Gasteiger partial charge in [-0.1, -0.05) is 78.9 Å². The first-order chi connectivity index (χ1) is 8.06. The van der Waals surface area contributed by atoms with E-state index in [4.69, 9.17) is 0 Å². The third-order valence-electron chi connectivity index (χ3n) is 3.53. The fraction of sp³-hybridized carbons (Fsp3) is 0.882. The Hall–Kier alpha value is -0.260. The summed E-state index contributed by atoms with van der Waals surface area (Å²) in [5.41, 5.74) is 0. The molecule has 0 nitrogen and oxygen atoms in total. The second-order valence-corrected chi connectivity index (χ2v) is 6.27. The van der Waals surface area contributed by atoms with E-state index >= 15 is 0 Å². The Morgan fingerprint density at radius 3 is 1.76 bits per heavy atom. The summed E-state index contributed by atoms with van der Waals surface area (Å²) in [7, 11) is 0. The van der Waals surface area contributed by atoms with Crippen LogP contribution in [0.25, 0.3) is 0 Å². The van der Waals surface area contributed by atoms with E-state index in [1.165, 1.54) is 44.9 Å². The van der Waals surface area contributed by atoms with Crippen LogP contribution in [0.1, 0.15) is 79.6 Å². The smallest absolute Gasteiger partial charge is 0.0325 e. The zero-order chi connectivity index (χ0) is 13.1. The van der Waals surface area contributed by atoms with Crippen LogP contribution < -0.4 is 0 Å². The quantitative estimate of drug-likeness (QED) is 0.396. The average Bonchev–Trinajstić information content (AvgIpc) is 2.29. The molecule has 0 aromatic heterocycles. The topological polar surface area (TPSA) is 0 Å². The molecular formula is C17H34. The van der Waals surface area contributed by atoms with E-state index in [0.717, 1.165) is 17.8 Å². The molecule has 0 spiro atoms. The molecule has 102 valence electrons. The summed E-state index contributed by atoms with van der Waals surface area (Å²) >= 11 is 0. The molecule has 0 aliphatic heterocycles. The van der Waals surface area contributed by atoms with Crippen molar-refractivity contribution in [2.24, 2.45) is 17.8 Å². The van der Waals surface area contributed by atoms with Gasteiger partial charge >= 0.3 is 0 Å². The predicted octanol–water partition coefficient (Wildman–Crippen LogP) is 6.22. The molecule has 0 N–H and O–H groups in total. The van der Waals surface area contributed by atoms with Crippen molar-refractivity contribution in [3.8, 4) is 0 Å². The molecule has 0 saturated heterocycles. The monoisotopic (exact) mass is 238 g/mol. The molecule has 0 heterocycles. The van der Waals surface area contributed by atoms with Crippen molar-refractivity contribution in [1.82, 2.24) is 0 Å². The van der Waals surface area contributed by atoms with Gasteiger partial charge in [0.25, 0.3) is 0 Å². The first-order valence-electron chi connectivity index (χ1n) is 7.71. The lowest BCUT2D eigenvalue weighted by atomic mass is 9.96. The van der Waals surface area contributed by atoms with Crippen LogP contribution in [-0.2, 0) is 0 Å². The van der Waals surface area contributed by atoms with Crippen LogP contribution in [0.5, 0.6) is 0 Å². The van der Waals surface area contributed by atoms with Crippen LogP contribution in [0.4, 0.5) is 0 Å². The standard InChI is InChI=1S/C17H34/c1-6-7-10-16(4)11-8-9-12-17(5)14-13-15(2)3/h8-9,15-17H,6-7,10-14H2,1-5H3. The number of hydrogen-bond donors (Lipinski definition) is 0. The molecule has 0 heteroatoms. The molecule has 0 saturated carbocycles. The van der Waals surface area contributed by atoms with Crippen molar-refractivity contribution >= 4 is 0 Å². The zero-order valence-corrected chi connectivity index (χ0v) is 12.8. The van der Waals surface area contributed by atoms with Crippen LogP contribution in [0.3, 0.4) is 0 Å². The van der Waals surface area contributed by atoms with E-state index in [1.54, 1.807) is 0 Å². The van der Waals surface area contributed by atoms with Gasteiger partial charge < -0.3 is 0 Å². The largest absolute Gasteiger partial charge is 0.0883 e. The van der Waals surface area contributed by atoms with E-state index in [2.05, 4.69) is 46.8 Å². The van der Waals surface area contributed by atoms with Gasteiger partial charge in [0, 0.05) is 0 Å². The maximum atomic E-state index is 2.41. The summed E-state index contributed by atoms with van der Waals surface area (Å²) in [6.45, 7) is 11.7. The number of allylic oxidation sites excluding steroid dienone is 2. The van der Waals surface area contributed by atoms with Crippen LogP contribution >= 0.6 is 0 Å². The Morgan fingerprint density at radius 2 is 1.29 bits per heavy atom. The van der Waals surface area contributed by atoms with Gasteiger partial charge in [-0.25, -0.2) is 0 Å². The molecule has 17 heavy (non-hydrogen) atoms. The molecule has 0 fully saturated rings. The molecule has 0 aliphatic rings. The van der Waals surface area contributed by atoms with Gasteiger partial charge in [0.2, 0.25) is 0 Å². The third kappa shape index (κ3) is 12.0. The second kappa shape index (κ2) is 10.9. The molecule has 0 radical (unpaired) electrons. The van der Waals surface area contributed by atoms with Crippen molar-refractivity contribution in [2.45, 2.75) is 79.6 Å². The first kappa shape index (κ1) is 16.7. The van der Waals surface area contributed by atoms with E-state index in [0.29, 0.717) is 0 Å². The normalized spacial score (nSPS) is 15.6. The fourth-order valence-corrected chi connectivity index (χ4v) is 2.06. The van der Waals surface area contributed by atoms with Gasteiger partial charge in [0.05, 0.1) is 0 Å². The molecule has 0 rings (SSSR count). The number of hydrogen-bond acceptors (Lipinski definition) is 0. The summed E-state index contributed by atoms with van der Waals surface area (Å²) in [6.07, 6.45) is 14.2. The summed E-state index contributed by atoms with van der Waals surface area (Å²) in [5.74, 6) is 2.59. The summed E-state index contributed by atoms with van der Waals surface area (Å²) in [5, 5.41) is 0. The van der Waals surface area contributed by atoms with Crippen LogP contribution in [0.15, 0.2) is 12.2 Å². The molecule has 2 atom stereocenters. The lowest BCUT2D eigenvalue weighted by molar-refractivity contribution is 0.452. The number of unbranched alkanes of at least 4 members (excludes halogenated alkanes) is 1. The maximum Gasteiger partial charge on any atom is -0.0325 e. The van der Waals surface area contributed by atoms with Gasteiger partial charge in [-0.2, -0.15) is 0 Å². The van der Waals surface area contributed by atoms with E-state index in [1.807, 2.05) is 0 Å². The van der Waals surface area contributed by atoms with Gasteiger partial charge in [0.15, 0.2) is 0 Å². The van der Waals surface area contributed by atoms with Crippen LogP contribution in [0.2, 0.25) is 0 Å². The van der Waals surface area contributed by atoms with E-state index in [-0.39, 0.29) is 0 Å². The number of rotatable bonds is 10. The SMILES string of the molecule is CCCCC(C)CC=CCC(C)CCC(C)C. The van der Waals surface area contributed by atoms with Crippen molar-refractivity contribution < 1.29 is 0 Å². The Kier molecular flexibility index (Phi) is 10.7. The second-order valence-electron chi connectivity index (χ2n) is 6.27. The van der Waals surface area contributed by atoms with Crippen LogP contribution in [0, 0.1) is 17.8 Å². The van der Waals surface area contributed by atoms with Gasteiger partial charge in [0.1, 0.15) is 0 Å². The molecule has 0 aliphatic carbocycles. The zero-order valence-electron chi connectivity index (χ0n) is 12.8. The molecule has 2 unspecified atom stereocenters. The summed E-state index contributed by atoms with van der Waals surface area (Å²) in [4.78, 5) is 0. The fourth-order valence-electron chi connectivity index (χ4n) is 2.06. The summed E-state index contributed by atoms with van der Waals surface area (Å²) in [6, 6.07) is 0. The minimum absolute atomic E-state index is 0.857. The maximum absolute atomic E-state index is 2.41. The third-order valence-corrected chi connectivity index (χ3v) is 3.53. The van der Waals surface area contributed by atoms with Crippen molar-refractivity contribution in [3.05, 3.63) is 12.2 Å². The predicted molar refractivity (Wildman–Crippen MR) is 80.3 cm³/mol. The molecular weight excluding hydrogens is 204 g/mol. The van der Waals surface area contributed by atoms with Crippen molar-refractivity contribution in [1.29, 1.82) is 0 Å². The highest BCUT2D eigenvalue weighted by Gasteiger charge is 2.02. The minimum Gasteiger partial charge on any atom is -0.0883 e. The lowest BCUT2D eigenvalue weighted by Gasteiger charge is -2.11. The Balaban J connectivity index is 3.51. The molecule has 0 aromatic rings. The van der Waals surface area contributed by atoms with E-state index < -0.39 is 0 Å². The van der Waals surface area contributed by atoms with E-state index in [9.17, 15) is 0 Å². The summed E-state index contributed by atoms with van der Waals surface area (Å²) < 4.78 is 0. The minimum atomic E-state index is 0.857. The first-order valence-corrected chi connectivity index (χ1v) is 7.71.